The van der Waals surface area contributed by atoms with Gasteiger partial charge in [0, 0.05) is 24.0 Å². The van der Waals surface area contributed by atoms with E-state index in [-0.39, 0.29) is 42.8 Å². The maximum atomic E-state index is 14.5. The minimum Gasteiger partial charge on any atom is -0.471 e. The van der Waals surface area contributed by atoms with Crippen LogP contribution in [0.2, 0.25) is 0 Å². The first-order valence-electron chi connectivity index (χ1n) is 17.9. The number of sulfonamides is 1. The largest absolute Gasteiger partial charge is 0.471 e. The molecular weight excluding hydrogens is 711 g/mol. The summed E-state index contributed by atoms with van der Waals surface area (Å²) < 4.78 is 62.0. The highest BCUT2D eigenvalue weighted by Gasteiger charge is 2.62. The monoisotopic (exact) mass is 750 g/mol. The van der Waals surface area contributed by atoms with Gasteiger partial charge in [-0.1, -0.05) is 31.1 Å². The van der Waals surface area contributed by atoms with Crippen LogP contribution in [0.3, 0.4) is 0 Å². The molecule has 1 saturated heterocycles. The van der Waals surface area contributed by atoms with Crippen LogP contribution < -0.4 is 20.1 Å². The van der Waals surface area contributed by atoms with Crippen LogP contribution in [-0.4, -0.2) is 82.4 Å². The van der Waals surface area contributed by atoms with Gasteiger partial charge in [0.15, 0.2) is 0 Å². The van der Waals surface area contributed by atoms with E-state index in [0.29, 0.717) is 43.3 Å². The summed E-state index contributed by atoms with van der Waals surface area (Å²) in [5.74, 6) is -4.32. The molecule has 0 spiro atoms. The van der Waals surface area contributed by atoms with Crippen LogP contribution >= 0.6 is 0 Å². The summed E-state index contributed by atoms with van der Waals surface area (Å²) in [5.41, 5.74) is -0.453. The van der Waals surface area contributed by atoms with Crippen molar-refractivity contribution in [3.05, 3.63) is 77.5 Å². The third-order valence-electron chi connectivity index (χ3n) is 10.3. The molecule has 2 aliphatic heterocycles. The molecule has 13 nitrogen and oxygen atoms in total. The molecule has 0 unspecified atom stereocenters. The maximum Gasteiger partial charge on any atom is 0.259 e. The van der Waals surface area contributed by atoms with Crippen LogP contribution in [0.4, 0.5) is 8.78 Å². The summed E-state index contributed by atoms with van der Waals surface area (Å²) in [6.45, 7) is 1.54. The number of benzene rings is 2. The molecule has 1 aromatic heterocycles. The summed E-state index contributed by atoms with van der Waals surface area (Å²) in [6, 6.07) is 6.75. The lowest BCUT2D eigenvalue weighted by Crippen LogP contribution is -2.58. The maximum absolute atomic E-state index is 14.5. The standard InChI is InChI=1S/C37H40F2N6O7S/c1-21-34(42-30-17-25(39)12-15-28(30)40-21)52-26-18-31-33(47)43-37(36(49)44-53(50,51)27-13-14-27)19-23(37)9-5-3-2-4-6-11-29(35(48)45(31)20-26)41-32(46)22-8-7-10-24(38)16-22/h5,7-10,12,15-17,23,26-27,29,31H,2-4,6,11,13-14,18-20H2,1H3,(H,41,46)(H,43,47)(H,44,49)/b9-5-/t23-,26-,29+,31+,37-/m1/s1. The molecule has 3 heterocycles. The predicted molar refractivity (Wildman–Crippen MR) is 188 cm³/mol. The van der Waals surface area contributed by atoms with Crippen molar-refractivity contribution in [3.8, 4) is 5.88 Å². The molecule has 2 saturated carbocycles. The molecule has 280 valence electrons. The fourth-order valence-corrected chi connectivity index (χ4v) is 8.45. The summed E-state index contributed by atoms with van der Waals surface area (Å²) in [6.07, 6.45) is 6.77. The van der Waals surface area contributed by atoms with E-state index in [4.69, 9.17) is 4.74 Å². The van der Waals surface area contributed by atoms with Crippen molar-refractivity contribution in [1.82, 2.24) is 30.2 Å². The number of allylic oxidation sites excluding steroid dienone is 1. The van der Waals surface area contributed by atoms with Gasteiger partial charge in [0.25, 0.3) is 11.8 Å². The third-order valence-corrected chi connectivity index (χ3v) is 12.1. The van der Waals surface area contributed by atoms with Crippen LogP contribution in [0.25, 0.3) is 11.0 Å². The highest BCUT2D eigenvalue weighted by molar-refractivity contribution is 7.91. The average molecular weight is 751 g/mol. The number of nitrogens with zero attached hydrogens (tertiary/aromatic N) is 3. The number of carbonyl (C=O) groups is 4. The zero-order valence-electron chi connectivity index (χ0n) is 29.0. The number of carbonyl (C=O) groups excluding carboxylic acids is 4. The Hall–Kier alpha value is -4.99. The molecule has 0 bridgehead atoms. The molecule has 3 N–H and O–H groups in total. The van der Waals surface area contributed by atoms with E-state index < -0.39 is 80.2 Å². The second-order valence-electron chi connectivity index (χ2n) is 14.3. The molecule has 2 aliphatic carbocycles. The first-order valence-corrected chi connectivity index (χ1v) is 19.4. The lowest BCUT2D eigenvalue weighted by Gasteiger charge is -2.30. The van der Waals surface area contributed by atoms with Gasteiger partial charge in [-0.25, -0.2) is 27.2 Å². The number of halogens is 2. The Morgan fingerprint density at radius 3 is 2.57 bits per heavy atom. The van der Waals surface area contributed by atoms with E-state index in [2.05, 4.69) is 25.3 Å². The average Bonchev–Trinajstić information content (AvgIpc) is 4.04. The molecule has 4 aliphatic rings. The molecule has 5 atom stereocenters. The molecule has 3 aromatic rings. The predicted octanol–water partition coefficient (Wildman–Crippen LogP) is 3.37. The minimum atomic E-state index is -3.93. The summed E-state index contributed by atoms with van der Waals surface area (Å²) >= 11 is 0. The molecule has 2 aromatic carbocycles. The number of amides is 4. The van der Waals surface area contributed by atoms with Gasteiger partial charge in [-0.15, -0.1) is 0 Å². The van der Waals surface area contributed by atoms with E-state index in [1.165, 1.54) is 41.3 Å². The van der Waals surface area contributed by atoms with E-state index in [1.54, 1.807) is 6.92 Å². The molecule has 16 heteroatoms. The Kier molecular flexibility index (Phi) is 9.91. The third kappa shape index (κ3) is 7.87. The van der Waals surface area contributed by atoms with Crippen molar-refractivity contribution in [1.29, 1.82) is 0 Å². The normalized spacial score (nSPS) is 27.0. The van der Waals surface area contributed by atoms with Gasteiger partial charge in [-0.05, 0) is 75.8 Å². The number of hydrogen-bond donors (Lipinski definition) is 3. The molecule has 53 heavy (non-hydrogen) atoms. The number of aryl methyl sites for hydroxylation is 1. The van der Waals surface area contributed by atoms with Gasteiger partial charge in [0.1, 0.15) is 41.1 Å². The van der Waals surface area contributed by atoms with Crippen LogP contribution in [0.1, 0.15) is 73.8 Å². The molecule has 7 rings (SSSR count). The van der Waals surface area contributed by atoms with Gasteiger partial charge >= 0.3 is 0 Å². The highest BCUT2D eigenvalue weighted by Crippen LogP contribution is 2.46. The van der Waals surface area contributed by atoms with Gasteiger partial charge in [-0.2, -0.15) is 0 Å². The van der Waals surface area contributed by atoms with Crippen molar-refractivity contribution in [2.75, 3.05) is 6.54 Å². The Balaban J connectivity index is 1.20. The van der Waals surface area contributed by atoms with Crippen molar-refractivity contribution >= 4 is 44.7 Å². The number of hydrogen-bond acceptors (Lipinski definition) is 9. The smallest absolute Gasteiger partial charge is 0.259 e. The number of fused-ring (bicyclic) bond motifs is 3. The zero-order chi connectivity index (χ0) is 37.5. The van der Waals surface area contributed by atoms with E-state index >= 15 is 0 Å². The van der Waals surface area contributed by atoms with Gasteiger partial charge in [-0.3, -0.25) is 23.9 Å². The number of ether oxygens (including phenoxy) is 1. The number of nitrogens with one attached hydrogen (secondary N) is 3. The van der Waals surface area contributed by atoms with Crippen molar-refractivity contribution < 1.29 is 41.1 Å². The Bertz CT molecular complexity index is 2110. The summed E-state index contributed by atoms with van der Waals surface area (Å²) in [5, 5.41) is 4.89. The Morgan fingerprint density at radius 1 is 1.00 bits per heavy atom. The SMILES string of the molecule is Cc1nc2ccc(F)cc2nc1O[C@@H]1C[C@H]2C(=O)N[C@]3(C(=O)NS(=O)(=O)C4CC4)C[C@H]3/C=C\CCCCC[C@H](NC(=O)c3cccc(F)c3)C(=O)N2C1. The topological polar surface area (TPSA) is 177 Å². The lowest BCUT2D eigenvalue weighted by molar-refractivity contribution is -0.141. The molecule has 3 fully saturated rings. The highest BCUT2D eigenvalue weighted by atomic mass is 32.2. The van der Waals surface area contributed by atoms with Crippen LogP contribution in [0.15, 0.2) is 54.6 Å². The van der Waals surface area contributed by atoms with Crippen LogP contribution in [-0.2, 0) is 24.4 Å². The van der Waals surface area contributed by atoms with Crippen LogP contribution in [0, 0.1) is 24.5 Å². The van der Waals surface area contributed by atoms with Crippen molar-refractivity contribution in [2.24, 2.45) is 5.92 Å². The van der Waals surface area contributed by atoms with Crippen molar-refractivity contribution in [2.45, 2.75) is 93.7 Å². The molecule has 4 amide bonds. The van der Waals surface area contributed by atoms with E-state index in [1.807, 2.05) is 12.2 Å². The first-order chi connectivity index (χ1) is 25.3. The Morgan fingerprint density at radius 2 is 1.79 bits per heavy atom. The molecular formula is C37H40F2N6O7S. The quantitative estimate of drug-likeness (QED) is 0.306. The molecule has 0 radical (unpaired) electrons. The second-order valence-corrected chi connectivity index (χ2v) is 16.2. The van der Waals surface area contributed by atoms with E-state index in [0.717, 1.165) is 12.5 Å². The van der Waals surface area contributed by atoms with Crippen molar-refractivity contribution in [3.63, 3.8) is 0 Å². The zero-order valence-corrected chi connectivity index (χ0v) is 29.8. The van der Waals surface area contributed by atoms with Crippen LogP contribution in [0.5, 0.6) is 5.88 Å². The number of aromatic nitrogens is 2. The summed E-state index contributed by atoms with van der Waals surface area (Å²) in [4.78, 5) is 65.9. The van der Waals surface area contributed by atoms with E-state index in [9.17, 15) is 36.4 Å². The van der Waals surface area contributed by atoms with Gasteiger partial charge in [0.05, 0.1) is 22.8 Å². The minimum absolute atomic E-state index is 0.0198. The number of rotatable bonds is 7. The fraction of sp³-hybridized carbons (Fsp3) is 0.459. The second kappa shape index (κ2) is 14.4. The lowest BCUT2D eigenvalue weighted by atomic mass is 10.0. The van der Waals surface area contributed by atoms with Gasteiger partial charge < -0.3 is 20.3 Å². The summed E-state index contributed by atoms with van der Waals surface area (Å²) in [7, 11) is -3.93. The van der Waals surface area contributed by atoms with Gasteiger partial charge in [0.2, 0.25) is 27.7 Å². The fourth-order valence-electron chi connectivity index (χ4n) is 7.09. The Labute approximate surface area is 305 Å². The first kappa shape index (κ1) is 36.4.